The molecule has 4 N–H and O–H groups in total. The van der Waals surface area contributed by atoms with Gasteiger partial charge in [0.25, 0.3) is 0 Å². The SMILES string of the molecule is CN(c1c([N+](=O)[O-])cc([N+](=O)[O-])c(N)c1[N+](=O)[O-])[NH+]([O-])O. The summed E-state index contributed by atoms with van der Waals surface area (Å²) < 4.78 is 0. The van der Waals surface area contributed by atoms with Crippen LogP contribution in [-0.4, -0.2) is 27.0 Å². The van der Waals surface area contributed by atoms with Crippen LogP contribution in [0.5, 0.6) is 0 Å². The summed E-state index contributed by atoms with van der Waals surface area (Å²) in [6, 6.07) is 0.372. The van der Waals surface area contributed by atoms with E-state index in [0.29, 0.717) is 6.07 Å². The average molecular weight is 304 g/mol. The van der Waals surface area contributed by atoms with Gasteiger partial charge in [-0.05, 0) is 0 Å². The number of anilines is 2. The number of nitro benzene ring substituents is 3. The molecular weight excluding hydrogens is 296 g/mol. The van der Waals surface area contributed by atoms with E-state index >= 15 is 0 Å². The van der Waals surface area contributed by atoms with Crippen LogP contribution in [0.2, 0.25) is 0 Å². The molecular formula is C7H8N6O8. The third-order valence-electron chi connectivity index (χ3n) is 2.47. The molecule has 14 nitrogen and oxygen atoms in total. The van der Waals surface area contributed by atoms with E-state index in [2.05, 4.69) is 0 Å². The fourth-order valence-corrected chi connectivity index (χ4v) is 1.55. The van der Waals surface area contributed by atoms with Gasteiger partial charge in [-0.15, -0.1) is 5.34 Å². The Kier molecular flexibility index (Phi) is 4.17. The topological polar surface area (TPSA) is 206 Å². The second kappa shape index (κ2) is 5.49. The highest BCUT2D eigenvalue weighted by molar-refractivity contribution is 5.88. The molecule has 0 aliphatic rings. The second-order valence-corrected chi connectivity index (χ2v) is 3.64. The van der Waals surface area contributed by atoms with Crippen molar-refractivity contribution in [2.75, 3.05) is 17.8 Å². The molecule has 0 fully saturated rings. The Morgan fingerprint density at radius 2 is 1.62 bits per heavy atom. The van der Waals surface area contributed by atoms with Gasteiger partial charge in [-0.3, -0.25) is 30.3 Å². The van der Waals surface area contributed by atoms with Crippen molar-refractivity contribution in [3.63, 3.8) is 0 Å². The van der Waals surface area contributed by atoms with E-state index in [1.54, 1.807) is 0 Å². The van der Waals surface area contributed by atoms with Crippen molar-refractivity contribution in [1.29, 1.82) is 0 Å². The monoisotopic (exact) mass is 304 g/mol. The van der Waals surface area contributed by atoms with Gasteiger partial charge in [0, 0.05) is 0 Å². The van der Waals surface area contributed by atoms with Gasteiger partial charge in [0.2, 0.25) is 5.69 Å². The predicted octanol–water partition coefficient (Wildman–Crippen LogP) is -0.884. The molecule has 1 rings (SSSR count). The quantitative estimate of drug-likeness (QED) is 0.347. The lowest BCUT2D eigenvalue weighted by atomic mass is 10.1. The highest BCUT2D eigenvalue weighted by Crippen LogP contribution is 2.45. The highest BCUT2D eigenvalue weighted by Gasteiger charge is 2.39. The Morgan fingerprint density at radius 3 is 1.95 bits per heavy atom. The molecule has 14 heteroatoms. The molecule has 0 spiro atoms. The molecule has 1 unspecified atom stereocenters. The number of hydrogen-bond acceptors (Lipinski definition) is 10. The minimum atomic E-state index is -1.74. The van der Waals surface area contributed by atoms with Crippen LogP contribution in [0.15, 0.2) is 6.07 Å². The van der Waals surface area contributed by atoms with Crippen molar-refractivity contribution in [2.45, 2.75) is 0 Å². The first-order chi connectivity index (χ1) is 9.59. The van der Waals surface area contributed by atoms with E-state index in [-0.39, 0.29) is 5.01 Å². The van der Waals surface area contributed by atoms with Gasteiger partial charge in [0.05, 0.1) is 27.9 Å². The summed E-state index contributed by atoms with van der Waals surface area (Å²) in [4.78, 5) is 29.1. The maximum absolute atomic E-state index is 11.0. The van der Waals surface area contributed by atoms with Crippen LogP contribution >= 0.6 is 0 Å². The summed E-state index contributed by atoms with van der Waals surface area (Å²) in [5.41, 5.74) is -0.0626. The zero-order valence-electron chi connectivity index (χ0n) is 10.2. The van der Waals surface area contributed by atoms with Crippen LogP contribution in [0, 0.1) is 35.6 Å². The molecule has 0 saturated carbocycles. The lowest BCUT2D eigenvalue weighted by Crippen LogP contribution is -3.12. The molecule has 114 valence electrons. The molecule has 1 aromatic rings. The minimum absolute atomic E-state index is 0.191. The Bertz CT molecular complexity index is 630. The molecule has 0 radical (unpaired) electrons. The number of nitro groups is 3. The average Bonchev–Trinajstić information content (AvgIpc) is 2.35. The van der Waals surface area contributed by atoms with E-state index in [1.807, 2.05) is 0 Å². The summed E-state index contributed by atoms with van der Waals surface area (Å²) in [5.74, 6) is 0. The number of quaternary nitrogens is 1. The minimum Gasteiger partial charge on any atom is -0.574 e. The Hall–Kier alpha value is -3.10. The normalized spacial score (nSPS) is 11.8. The largest absolute Gasteiger partial charge is 0.574 e. The number of nitrogens with two attached hydrogens (primary N) is 1. The third kappa shape index (κ3) is 2.76. The molecule has 0 amide bonds. The molecule has 0 aromatic heterocycles. The molecule has 0 heterocycles. The van der Waals surface area contributed by atoms with Crippen molar-refractivity contribution < 1.29 is 25.3 Å². The fourth-order valence-electron chi connectivity index (χ4n) is 1.55. The van der Waals surface area contributed by atoms with E-state index in [1.165, 1.54) is 0 Å². The molecule has 0 saturated heterocycles. The van der Waals surface area contributed by atoms with Crippen molar-refractivity contribution in [3.05, 3.63) is 41.6 Å². The Balaban J connectivity index is 3.90. The van der Waals surface area contributed by atoms with Gasteiger partial charge < -0.3 is 10.9 Å². The van der Waals surface area contributed by atoms with Gasteiger partial charge >= 0.3 is 17.1 Å². The summed E-state index contributed by atoms with van der Waals surface area (Å²) in [7, 11) is 0.808. The summed E-state index contributed by atoms with van der Waals surface area (Å²) in [6.07, 6.45) is 0. The van der Waals surface area contributed by atoms with Crippen LogP contribution in [0.1, 0.15) is 0 Å². The van der Waals surface area contributed by atoms with Gasteiger partial charge in [-0.1, -0.05) is 0 Å². The number of nitrogens with zero attached hydrogens (tertiary/aromatic N) is 4. The molecule has 0 bridgehead atoms. The number of nitrogens with one attached hydrogen (secondary N) is 1. The molecule has 0 aliphatic heterocycles. The third-order valence-corrected chi connectivity index (χ3v) is 2.47. The number of hydrogen-bond donors (Lipinski definition) is 3. The predicted molar refractivity (Wildman–Crippen MR) is 65.3 cm³/mol. The molecule has 1 atom stereocenters. The summed E-state index contributed by atoms with van der Waals surface area (Å²) >= 11 is 0. The van der Waals surface area contributed by atoms with Crippen LogP contribution in [0.25, 0.3) is 0 Å². The van der Waals surface area contributed by atoms with Gasteiger partial charge in [-0.2, -0.15) is 10.2 Å². The van der Waals surface area contributed by atoms with Gasteiger partial charge in [0.1, 0.15) is 0 Å². The summed E-state index contributed by atoms with van der Waals surface area (Å²) in [6.45, 7) is 0. The highest BCUT2D eigenvalue weighted by atomic mass is 16.8. The molecule has 0 aliphatic carbocycles. The second-order valence-electron chi connectivity index (χ2n) is 3.64. The van der Waals surface area contributed by atoms with Crippen molar-refractivity contribution in [1.82, 2.24) is 0 Å². The van der Waals surface area contributed by atoms with E-state index in [0.717, 1.165) is 7.05 Å². The maximum Gasteiger partial charge on any atom is 0.334 e. The van der Waals surface area contributed by atoms with Crippen LogP contribution < -0.4 is 16.1 Å². The van der Waals surface area contributed by atoms with Crippen molar-refractivity contribution in [3.8, 4) is 0 Å². The number of benzene rings is 1. The first kappa shape index (κ1) is 16.0. The van der Waals surface area contributed by atoms with E-state index in [4.69, 9.17) is 10.9 Å². The standard InChI is InChI=1S/C7H8N6O8/c1-9(13(20)21)6-4(11(16)17)2-3(10(14)15)5(8)7(6)12(18)19/h2,13,20H,8H2,1H3. The Labute approximate surface area is 114 Å². The van der Waals surface area contributed by atoms with Crippen LogP contribution in [0.4, 0.5) is 28.4 Å². The zero-order valence-corrected chi connectivity index (χ0v) is 10.2. The molecule has 1 aromatic carbocycles. The molecule has 21 heavy (non-hydrogen) atoms. The van der Waals surface area contributed by atoms with E-state index < -0.39 is 48.5 Å². The van der Waals surface area contributed by atoms with E-state index in [9.17, 15) is 35.6 Å². The van der Waals surface area contributed by atoms with Crippen molar-refractivity contribution in [2.24, 2.45) is 0 Å². The first-order valence-electron chi connectivity index (χ1n) is 4.95. The lowest BCUT2D eigenvalue weighted by Gasteiger charge is -2.24. The zero-order chi connectivity index (χ0) is 16.5. The smallest absolute Gasteiger partial charge is 0.334 e. The van der Waals surface area contributed by atoms with Crippen LogP contribution in [-0.2, 0) is 0 Å². The lowest BCUT2D eigenvalue weighted by molar-refractivity contribution is -1.05. The van der Waals surface area contributed by atoms with Crippen LogP contribution in [0.3, 0.4) is 0 Å². The van der Waals surface area contributed by atoms with Gasteiger partial charge in [0.15, 0.2) is 5.69 Å². The number of nitrogen functional groups attached to an aromatic ring is 1. The first-order valence-corrected chi connectivity index (χ1v) is 4.95. The maximum atomic E-state index is 11.0. The number of rotatable bonds is 5. The fraction of sp³-hybridized carbons (Fsp3) is 0.143. The van der Waals surface area contributed by atoms with Gasteiger partial charge in [-0.25, -0.2) is 0 Å². The summed E-state index contributed by atoms with van der Waals surface area (Å²) in [5, 5.41) is 50.8. The Morgan fingerprint density at radius 1 is 1.14 bits per heavy atom. The van der Waals surface area contributed by atoms with Crippen molar-refractivity contribution >= 4 is 28.4 Å².